The number of nitrogens with zero attached hydrogens (tertiary/aromatic N) is 3. The standard InChI is InChI=1S/C7H8F4N4O/c1-15(2-4-12-3-13-14-4)6(16)7(10,11)5(8)9/h3,5H,2H2,1H3,(H,12,13,14). The molecular weight excluding hydrogens is 232 g/mol. The second-order valence-electron chi connectivity index (χ2n) is 3.02. The molecule has 0 saturated carbocycles. The average Bonchev–Trinajstić information content (AvgIpc) is 2.68. The summed E-state index contributed by atoms with van der Waals surface area (Å²) >= 11 is 0. The van der Waals surface area contributed by atoms with Crippen molar-refractivity contribution < 1.29 is 22.4 Å². The van der Waals surface area contributed by atoms with Crippen molar-refractivity contribution in [3.05, 3.63) is 12.2 Å². The topological polar surface area (TPSA) is 61.9 Å². The molecule has 0 aromatic carbocycles. The second-order valence-corrected chi connectivity index (χ2v) is 3.02. The molecule has 16 heavy (non-hydrogen) atoms. The minimum absolute atomic E-state index is 0.126. The van der Waals surface area contributed by atoms with Gasteiger partial charge in [-0.2, -0.15) is 13.9 Å². The van der Waals surface area contributed by atoms with Crippen molar-refractivity contribution >= 4 is 5.91 Å². The van der Waals surface area contributed by atoms with Crippen molar-refractivity contribution in [1.29, 1.82) is 0 Å². The van der Waals surface area contributed by atoms with Gasteiger partial charge in [0.1, 0.15) is 12.2 Å². The van der Waals surface area contributed by atoms with Crippen molar-refractivity contribution in [2.75, 3.05) is 7.05 Å². The molecule has 0 saturated heterocycles. The van der Waals surface area contributed by atoms with Crippen LogP contribution in [0.1, 0.15) is 5.82 Å². The van der Waals surface area contributed by atoms with Crippen molar-refractivity contribution in [1.82, 2.24) is 20.1 Å². The molecule has 0 fully saturated rings. The Balaban J connectivity index is 2.68. The van der Waals surface area contributed by atoms with Crippen LogP contribution >= 0.6 is 0 Å². The summed E-state index contributed by atoms with van der Waals surface area (Å²) in [5.74, 6) is -6.52. The Hall–Kier alpha value is -1.67. The molecule has 0 bridgehead atoms. The lowest BCUT2D eigenvalue weighted by Gasteiger charge is -2.21. The van der Waals surface area contributed by atoms with E-state index in [-0.39, 0.29) is 12.4 Å². The average molecular weight is 240 g/mol. The van der Waals surface area contributed by atoms with E-state index in [0.717, 1.165) is 13.4 Å². The van der Waals surface area contributed by atoms with Crippen LogP contribution in [0, 0.1) is 0 Å². The second kappa shape index (κ2) is 4.45. The van der Waals surface area contributed by atoms with Gasteiger partial charge in [-0.05, 0) is 0 Å². The molecule has 0 unspecified atom stereocenters. The minimum Gasteiger partial charge on any atom is -0.333 e. The maximum absolute atomic E-state index is 12.6. The van der Waals surface area contributed by atoms with Crippen molar-refractivity contribution in [2.24, 2.45) is 0 Å². The molecule has 5 nitrogen and oxygen atoms in total. The SMILES string of the molecule is CN(Cc1ncn[nH]1)C(=O)C(F)(F)C(F)F. The first kappa shape index (κ1) is 12.4. The number of rotatable bonds is 4. The normalized spacial score (nSPS) is 11.9. The van der Waals surface area contributed by atoms with Crippen LogP contribution in [0.5, 0.6) is 0 Å². The highest BCUT2D eigenvalue weighted by atomic mass is 19.3. The molecule has 90 valence electrons. The fraction of sp³-hybridized carbons (Fsp3) is 0.571. The molecular formula is C7H8F4N4O. The zero-order chi connectivity index (χ0) is 12.3. The van der Waals surface area contributed by atoms with E-state index in [0.29, 0.717) is 4.90 Å². The number of nitrogens with one attached hydrogen (secondary N) is 1. The quantitative estimate of drug-likeness (QED) is 0.786. The van der Waals surface area contributed by atoms with Gasteiger partial charge >= 0.3 is 12.3 Å². The first-order valence-corrected chi connectivity index (χ1v) is 4.11. The summed E-state index contributed by atoms with van der Waals surface area (Å²) in [6, 6.07) is 0. The Kier molecular flexibility index (Phi) is 3.45. The number of amides is 1. The van der Waals surface area contributed by atoms with Gasteiger partial charge in [0.25, 0.3) is 5.91 Å². The molecule has 0 aliphatic rings. The molecule has 1 amide bonds. The van der Waals surface area contributed by atoms with Crippen LogP contribution in [0.2, 0.25) is 0 Å². The Morgan fingerprint density at radius 3 is 2.69 bits per heavy atom. The summed E-state index contributed by atoms with van der Waals surface area (Å²) < 4.78 is 49.0. The number of carbonyl (C=O) groups excluding carboxylic acids is 1. The van der Waals surface area contributed by atoms with Gasteiger partial charge in [0.05, 0.1) is 6.54 Å². The lowest BCUT2D eigenvalue weighted by molar-refractivity contribution is -0.179. The van der Waals surface area contributed by atoms with Crippen LogP contribution in [-0.4, -0.2) is 45.4 Å². The van der Waals surface area contributed by atoms with Crippen LogP contribution in [0.3, 0.4) is 0 Å². The summed E-state index contributed by atoms with van der Waals surface area (Å²) in [6.07, 6.45) is -2.92. The monoisotopic (exact) mass is 240 g/mol. The minimum atomic E-state index is -4.69. The van der Waals surface area contributed by atoms with Crippen LogP contribution in [-0.2, 0) is 11.3 Å². The van der Waals surface area contributed by atoms with E-state index >= 15 is 0 Å². The third kappa shape index (κ3) is 2.47. The van der Waals surface area contributed by atoms with Crippen molar-refractivity contribution in [3.8, 4) is 0 Å². The Morgan fingerprint density at radius 1 is 1.62 bits per heavy atom. The highest BCUT2D eigenvalue weighted by Gasteiger charge is 2.50. The number of carbonyl (C=O) groups is 1. The van der Waals surface area contributed by atoms with Gasteiger partial charge in [-0.25, -0.2) is 13.8 Å². The van der Waals surface area contributed by atoms with Crippen molar-refractivity contribution in [3.63, 3.8) is 0 Å². The molecule has 0 aliphatic carbocycles. The number of hydrogen-bond donors (Lipinski definition) is 1. The van der Waals surface area contributed by atoms with Gasteiger partial charge in [-0.15, -0.1) is 0 Å². The molecule has 0 radical (unpaired) electrons. The molecule has 1 heterocycles. The number of aromatic amines is 1. The number of H-pyrrole nitrogens is 1. The van der Waals surface area contributed by atoms with E-state index in [1.165, 1.54) is 0 Å². The molecule has 1 N–H and O–H groups in total. The van der Waals surface area contributed by atoms with E-state index in [2.05, 4.69) is 15.2 Å². The predicted molar refractivity (Wildman–Crippen MR) is 43.8 cm³/mol. The third-order valence-electron chi connectivity index (χ3n) is 1.76. The summed E-state index contributed by atoms with van der Waals surface area (Å²) in [7, 11) is 0.973. The van der Waals surface area contributed by atoms with E-state index in [4.69, 9.17) is 0 Å². The first-order valence-electron chi connectivity index (χ1n) is 4.11. The molecule has 0 spiro atoms. The Morgan fingerprint density at radius 2 is 2.25 bits per heavy atom. The maximum atomic E-state index is 12.6. The van der Waals surface area contributed by atoms with Crippen LogP contribution < -0.4 is 0 Å². The van der Waals surface area contributed by atoms with Gasteiger partial charge in [0, 0.05) is 7.05 Å². The van der Waals surface area contributed by atoms with Gasteiger partial charge in [-0.3, -0.25) is 9.89 Å². The zero-order valence-corrected chi connectivity index (χ0v) is 8.12. The highest BCUT2D eigenvalue weighted by molar-refractivity contribution is 5.83. The van der Waals surface area contributed by atoms with Gasteiger partial charge < -0.3 is 4.90 Å². The van der Waals surface area contributed by atoms with E-state index in [1.807, 2.05) is 0 Å². The van der Waals surface area contributed by atoms with E-state index in [1.54, 1.807) is 0 Å². The molecule has 0 atom stereocenters. The smallest absolute Gasteiger partial charge is 0.333 e. The maximum Gasteiger partial charge on any atom is 0.383 e. The lowest BCUT2D eigenvalue weighted by atomic mass is 10.3. The Labute approximate surface area is 87.5 Å². The summed E-state index contributed by atoms with van der Waals surface area (Å²) in [6.45, 7) is -0.346. The highest BCUT2D eigenvalue weighted by Crippen LogP contribution is 2.25. The summed E-state index contributed by atoms with van der Waals surface area (Å²) in [5.41, 5.74) is 0. The van der Waals surface area contributed by atoms with Crippen molar-refractivity contribution in [2.45, 2.75) is 18.9 Å². The largest absolute Gasteiger partial charge is 0.383 e. The zero-order valence-electron chi connectivity index (χ0n) is 8.12. The summed E-state index contributed by atoms with van der Waals surface area (Å²) in [5, 5.41) is 5.74. The Bertz CT molecular complexity index is 353. The molecule has 9 heteroatoms. The third-order valence-corrected chi connectivity index (χ3v) is 1.76. The van der Waals surface area contributed by atoms with Gasteiger partial charge in [-0.1, -0.05) is 0 Å². The number of aromatic nitrogens is 3. The predicted octanol–water partition coefficient (Wildman–Crippen LogP) is 0.663. The lowest BCUT2D eigenvalue weighted by Crippen LogP contribution is -2.45. The van der Waals surface area contributed by atoms with Crippen LogP contribution in [0.15, 0.2) is 6.33 Å². The van der Waals surface area contributed by atoms with E-state index in [9.17, 15) is 22.4 Å². The number of alkyl halides is 4. The van der Waals surface area contributed by atoms with Gasteiger partial charge in [0.2, 0.25) is 0 Å². The number of hydrogen-bond acceptors (Lipinski definition) is 3. The molecule has 1 aromatic rings. The molecule has 1 rings (SSSR count). The molecule has 0 aliphatic heterocycles. The van der Waals surface area contributed by atoms with Crippen LogP contribution in [0.25, 0.3) is 0 Å². The first-order chi connectivity index (χ1) is 7.35. The van der Waals surface area contributed by atoms with E-state index < -0.39 is 18.3 Å². The fourth-order valence-electron chi connectivity index (χ4n) is 0.951. The number of halogens is 4. The van der Waals surface area contributed by atoms with Gasteiger partial charge in [0.15, 0.2) is 0 Å². The molecule has 1 aromatic heterocycles. The van der Waals surface area contributed by atoms with Crippen LogP contribution in [0.4, 0.5) is 17.6 Å². The summed E-state index contributed by atoms with van der Waals surface area (Å²) in [4.78, 5) is 15.0. The fourth-order valence-corrected chi connectivity index (χ4v) is 0.951.